The van der Waals surface area contributed by atoms with Gasteiger partial charge in [-0.2, -0.15) is 0 Å². The molecule has 2 nitrogen and oxygen atoms in total. The highest BCUT2D eigenvalue weighted by Gasteiger charge is 2.06. The highest BCUT2D eigenvalue weighted by Crippen LogP contribution is 2.20. The van der Waals surface area contributed by atoms with Gasteiger partial charge in [-0.25, -0.2) is 0 Å². The SMILES string of the molecule is Cc1ccc(CC(=O)Nc2ccc(Br)c(C)c2)cc1C. The second-order valence-corrected chi connectivity index (χ2v) is 5.96. The average molecular weight is 332 g/mol. The predicted octanol–water partition coefficient (Wildman–Crippen LogP) is 4.56. The van der Waals surface area contributed by atoms with E-state index in [9.17, 15) is 4.79 Å². The maximum Gasteiger partial charge on any atom is 0.228 e. The Morgan fingerprint density at radius 1 is 1.00 bits per heavy atom. The van der Waals surface area contributed by atoms with Gasteiger partial charge in [0.2, 0.25) is 5.91 Å². The van der Waals surface area contributed by atoms with Gasteiger partial charge in [-0.1, -0.05) is 34.1 Å². The molecule has 20 heavy (non-hydrogen) atoms. The molecule has 1 N–H and O–H groups in total. The van der Waals surface area contributed by atoms with Crippen LogP contribution in [0.1, 0.15) is 22.3 Å². The standard InChI is InChI=1S/C17H18BrNO/c1-11-4-5-14(8-12(11)2)10-17(20)19-15-6-7-16(18)13(3)9-15/h4-9H,10H2,1-3H3,(H,19,20). The summed E-state index contributed by atoms with van der Waals surface area (Å²) in [7, 11) is 0. The molecule has 0 radical (unpaired) electrons. The number of carbonyl (C=O) groups excluding carboxylic acids is 1. The number of benzene rings is 2. The van der Waals surface area contributed by atoms with E-state index < -0.39 is 0 Å². The van der Waals surface area contributed by atoms with Crippen molar-refractivity contribution in [3.8, 4) is 0 Å². The van der Waals surface area contributed by atoms with Crippen LogP contribution in [-0.4, -0.2) is 5.91 Å². The van der Waals surface area contributed by atoms with Gasteiger partial charge in [0.1, 0.15) is 0 Å². The van der Waals surface area contributed by atoms with Crippen molar-refractivity contribution >= 4 is 27.5 Å². The molecule has 0 unspecified atom stereocenters. The van der Waals surface area contributed by atoms with Gasteiger partial charge in [-0.3, -0.25) is 4.79 Å². The molecule has 0 aromatic heterocycles. The number of carbonyl (C=O) groups is 1. The van der Waals surface area contributed by atoms with Crippen LogP contribution in [0.25, 0.3) is 0 Å². The fourth-order valence-corrected chi connectivity index (χ4v) is 2.27. The van der Waals surface area contributed by atoms with Crippen LogP contribution in [0.4, 0.5) is 5.69 Å². The van der Waals surface area contributed by atoms with E-state index in [-0.39, 0.29) is 5.91 Å². The van der Waals surface area contributed by atoms with E-state index in [0.717, 1.165) is 21.3 Å². The zero-order valence-corrected chi connectivity index (χ0v) is 13.5. The fourth-order valence-electron chi connectivity index (χ4n) is 2.03. The first-order chi connectivity index (χ1) is 9.45. The lowest BCUT2D eigenvalue weighted by molar-refractivity contribution is -0.115. The van der Waals surface area contributed by atoms with E-state index in [1.54, 1.807) is 0 Å². The lowest BCUT2D eigenvalue weighted by Gasteiger charge is -2.08. The Kier molecular flexibility index (Phi) is 4.61. The Hall–Kier alpha value is -1.61. The molecule has 1 amide bonds. The quantitative estimate of drug-likeness (QED) is 0.877. The van der Waals surface area contributed by atoms with E-state index in [1.807, 2.05) is 31.2 Å². The maximum absolute atomic E-state index is 12.1. The van der Waals surface area contributed by atoms with Crippen LogP contribution in [0.2, 0.25) is 0 Å². The number of halogens is 1. The summed E-state index contributed by atoms with van der Waals surface area (Å²) in [6, 6.07) is 11.9. The predicted molar refractivity (Wildman–Crippen MR) is 87.1 cm³/mol. The third-order valence-electron chi connectivity index (χ3n) is 3.38. The third-order valence-corrected chi connectivity index (χ3v) is 4.27. The molecule has 0 spiro atoms. The van der Waals surface area contributed by atoms with Crippen LogP contribution >= 0.6 is 15.9 Å². The molecule has 0 heterocycles. The van der Waals surface area contributed by atoms with Gasteiger partial charge in [-0.15, -0.1) is 0 Å². The zero-order chi connectivity index (χ0) is 14.7. The maximum atomic E-state index is 12.1. The third kappa shape index (κ3) is 3.70. The topological polar surface area (TPSA) is 29.1 Å². The Balaban J connectivity index is 2.04. The van der Waals surface area contributed by atoms with E-state index in [2.05, 4.69) is 47.2 Å². The molecule has 2 aromatic rings. The molecule has 104 valence electrons. The minimum Gasteiger partial charge on any atom is -0.326 e. The van der Waals surface area contributed by atoms with E-state index in [0.29, 0.717) is 6.42 Å². The van der Waals surface area contributed by atoms with Crippen molar-refractivity contribution in [1.82, 2.24) is 0 Å². The molecule has 0 saturated carbocycles. The molecule has 0 bridgehead atoms. The van der Waals surface area contributed by atoms with Gasteiger partial charge in [0.15, 0.2) is 0 Å². The molecule has 0 saturated heterocycles. The molecule has 2 aromatic carbocycles. The lowest BCUT2D eigenvalue weighted by atomic mass is 10.0. The van der Waals surface area contributed by atoms with Gasteiger partial charge in [0, 0.05) is 10.2 Å². The van der Waals surface area contributed by atoms with Crippen LogP contribution in [0.5, 0.6) is 0 Å². The number of hydrogen-bond donors (Lipinski definition) is 1. The van der Waals surface area contributed by atoms with Crippen LogP contribution in [0.15, 0.2) is 40.9 Å². The molecule has 0 fully saturated rings. The van der Waals surface area contributed by atoms with Gasteiger partial charge < -0.3 is 5.32 Å². The first-order valence-corrected chi connectivity index (χ1v) is 7.37. The normalized spacial score (nSPS) is 10.4. The molecule has 0 aliphatic rings. The number of aryl methyl sites for hydroxylation is 3. The monoisotopic (exact) mass is 331 g/mol. The van der Waals surface area contributed by atoms with Gasteiger partial charge >= 0.3 is 0 Å². The lowest BCUT2D eigenvalue weighted by Crippen LogP contribution is -2.14. The van der Waals surface area contributed by atoms with Crippen LogP contribution in [-0.2, 0) is 11.2 Å². The molecule has 0 aliphatic carbocycles. The first kappa shape index (κ1) is 14.8. The zero-order valence-electron chi connectivity index (χ0n) is 12.0. The summed E-state index contributed by atoms with van der Waals surface area (Å²) < 4.78 is 1.05. The van der Waals surface area contributed by atoms with Crippen LogP contribution in [0, 0.1) is 20.8 Å². The number of rotatable bonds is 3. The number of hydrogen-bond acceptors (Lipinski definition) is 1. The minimum absolute atomic E-state index is 0.00924. The van der Waals surface area contributed by atoms with Crippen LogP contribution in [0.3, 0.4) is 0 Å². The molecular weight excluding hydrogens is 314 g/mol. The van der Waals surface area contributed by atoms with Gasteiger partial charge in [0.25, 0.3) is 0 Å². The molecule has 0 atom stereocenters. The van der Waals surface area contributed by atoms with Crippen molar-refractivity contribution in [2.45, 2.75) is 27.2 Å². The second-order valence-electron chi connectivity index (χ2n) is 5.11. The van der Waals surface area contributed by atoms with Crippen molar-refractivity contribution in [2.75, 3.05) is 5.32 Å². The van der Waals surface area contributed by atoms with Crippen molar-refractivity contribution in [3.05, 3.63) is 63.1 Å². The van der Waals surface area contributed by atoms with E-state index in [1.165, 1.54) is 11.1 Å². The smallest absolute Gasteiger partial charge is 0.228 e. The van der Waals surface area contributed by atoms with Crippen molar-refractivity contribution in [3.63, 3.8) is 0 Å². The molecular formula is C17H18BrNO. The number of nitrogens with one attached hydrogen (secondary N) is 1. The highest BCUT2D eigenvalue weighted by molar-refractivity contribution is 9.10. The largest absolute Gasteiger partial charge is 0.326 e. The molecule has 2 rings (SSSR count). The summed E-state index contributed by atoms with van der Waals surface area (Å²) in [5.41, 5.74) is 5.44. The summed E-state index contributed by atoms with van der Waals surface area (Å²) in [4.78, 5) is 12.1. The summed E-state index contributed by atoms with van der Waals surface area (Å²) in [5, 5.41) is 2.93. The van der Waals surface area contributed by atoms with E-state index in [4.69, 9.17) is 0 Å². The van der Waals surface area contributed by atoms with Crippen LogP contribution < -0.4 is 5.32 Å². The minimum atomic E-state index is 0.00924. The fraction of sp³-hybridized carbons (Fsp3) is 0.235. The highest BCUT2D eigenvalue weighted by atomic mass is 79.9. The Labute approximate surface area is 128 Å². The number of anilines is 1. The summed E-state index contributed by atoms with van der Waals surface area (Å²) >= 11 is 3.45. The Morgan fingerprint density at radius 2 is 1.75 bits per heavy atom. The van der Waals surface area contributed by atoms with Gasteiger partial charge in [0.05, 0.1) is 6.42 Å². The molecule has 3 heteroatoms. The Bertz CT molecular complexity index is 594. The summed E-state index contributed by atoms with van der Waals surface area (Å²) in [6.07, 6.45) is 0.399. The van der Waals surface area contributed by atoms with Crippen molar-refractivity contribution in [2.24, 2.45) is 0 Å². The van der Waals surface area contributed by atoms with Crippen molar-refractivity contribution < 1.29 is 4.79 Å². The summed E-state index contributed by atoms with van der Waals surface area (Å²) in [6.45, 7) is 6.14. The Morgan fingerprint density at radius 3 is 2.40 bits per heavy atom. The average Bonchev–Trinajstić information content (AvgIpc) is 2.38. The first-order valence-electron chi connectivity index (χ1n) is 6.58. The van der Waals surface area contributed by atoms with Gasteiger partial charge in [-0.05, 0) is 61.2 Å². The summed E-state index contributed by atoms with van der Waals surface area (Å²) in [5.74, 6) is 0.00924. The number of amides is 1. The van der Waals surface area contributed by atoms with Crippen molar-refractivity contribution in [1.29, 1.82) is 0 Å². The second kappa shape index (κ2) is 6.23. The molecule has 0 aliphatic heterocycles. The van der Waals surface area contributed by atoms with E-state index >= 15 is 0 Å².